The fourth-order valence-corrected chi connectivity index (χ4v) is 3.31. The van der Waals surface area contributed by atoms with Crippen LogP contribution in [0.3, 0.4) is 0 Å². The molecule has 19 heavy (non-hydrogen) atoms. The zero-order valence-electron chi connectivity index (χ0n) is 12.0. The van der Waals surface area contributed by atoms with Gasteiger partial charge in [0.25, 0.3) is 0 Å². The molecule has 104 valence electrons. The molecule has 3 unspecified atom stereocenters. The van der Waals surface area contributed by atoms with Gasteiger partial charge in [0.05, 0.1) is 0 Å². The van der Waals surface area contributed by atoms with Crippen molar-refractivity contribution >= 4 is 5.97 Å². The molecule has 0 spiro atoms. The van der Waals surface area contributed by atoms with Crippen LogP contribution in [0.4, 0.5) is 0 Å². The first-order chi connectivity index (χ1) is 9.04. The summed E-state index contributed by atoms with van der Waals surface area (Å²) in [6, 6.07) is 8.44. The van der Waals surface area contributed by atoms with E-state index in [2.05, 4.69) is 43.0 Å². The minimum absolute atomic E-state index is 0.339. The molecule has 1 saturated heterocycles. The van der Waals surface area contributed by atoms with Crippen molar-refractivity contribution in [2.45, 2.75) is 51.6 Å². The van der Waals surface area contributed by atoms with Gasteiger partial charge in [-0.05, 0) is 43.7 Å². The number of carboxylic acid groups (broad SMARTS) is 1. The monoisotopic (exact) mass is 261 g/mol. The van der Waals surface area contributed by atoms with Crippen LogP contribution < -0.4 is 0 Å². The average Bonchev–Trinajstić information content (AvgIpc) is 2.72. The second kappa shape index (κ2) is 5.74. The van der Waals surface area contributed by atoms with Gasteiger partial charge in [-0.3, -0.25) is 9.69 Å². The van der Waals surface area contributed by atoms with Crippen LogP contribution in [0.25, 0.3) is 0 Å². The first kappa shape index (κ1) is 14.1. The van der Waals surface area contributed by atoms with Gasteiger partial charge in [-0.2, -0.15) is 0 Å². The van der Waals surface area contributed by atoms with Crippen LogP contribution in [0.2, 0.25) is 0 Å². The van der Waals surface area contributed by atoms with Crippen molar-refractivity contribution in [2.24, 2.45) is 0 Å². The van der Waals surface area contributed by atoms with Crippen LogP contribution in [0.5, 0.6) is 0 Å². The van der Waals surface area contributed by atoms with Gasteiger partial charge in [0, 0.05) is 12.6 Å². The number of benzene rings is 1. The maximum Gasteiger partial charge on any atom is 0.320 e. The fraction of sp³-hybridized carbons (Fsp3) is 0.562. The third-order valence-corrected chi connectivity index (χ3v) is 4.32. The molecule has 3 nitrogen and oxygen atoms in total. The zero-order valence-corrected chi connectivity index (χ0v) is 12.0. The van der Waals surface area contributed by atoms with Crippen molar-refractivity contribution in [2.75, 3.05) is 6.54 Å². The number of aryl methyl sites for hydroxylation is 1. The van der Waals surface area contributed by atoms with Gasteiger partial charge in [-0.1, -0.05) is 31.2 Å². The molecule has 3 heteroatoms. The van der Waals surface area contributed by atoms with E-state index in [4.69, 9.17) is 0 Å². The lowest BCUT2D eigenvalue weighted by Gasteiger charge is -2.27. The largest absolute Gasteiger partial charge is 0.480 e. The summed E-state index contributed by atoms with van der Waals surface area (Å²) in [6.45, 7) is 7.09. The van der Waals surface area contributed by atoms with E-state index in [0.717, 1.165) is 13.0 Å². The molecule has 2 rings (SSSR count). The summed E-state index contributed by atoms with van der Waals surface area (Å²) in [6.07, 6.45) is 1.72. The number of rotatable bonds is 4. The van der Waals surface area contributed by atoms with E-state index in [0.29, 0.717) is 18.4 Å². The number of hydrogen-bond donors (Lipinski definition) is 1. The van der Waals surface area contributed by atoms with E-state index < -0.39 is 5.97 Å². The summed E-state index contributed by atoms with van der Waals surface area (Å²) in [4.78, 5) is 13.5. The number of carboxylic acids is 1. The standard InChI is InChI=1S/C16H23NO2/c1-4-15(16(18)19)17-10-13(9-12(17)3)14-8-6-5-7-11(14)2/h5-8,12-13,15H,4,9-10H2,1-3H3,(H,18,19). The molecule has 0 aromatic heterocycles. The summed E-state index contributed by atoms with van der Waals surface area (Å²) in [5, 5.41) is 9.32. The Morgan fingerprint density at radius 3 is 2.74 bits per heavy atom. The number of aliphatic carboxylic acids is 1. The van der Waals surface area contributed by atoms with Gasteiger partial charge in [0.2, 0.25) is 0 Å². The fourth-order valence-electron chi connectivity index (χ4n) is 3.31. The van der Waals surface area contributed by atoms with Gasteiger partial charge in [0.1, 0.15) is 6.04 Å². The predicted octanol–water partition coefficient (Wildman–Crippen LogP) is 3.04. The van der Waals surface area contributed by atoms with Crippen LogP contribution in [0, 0.1) is 6.92 Å². The van der Waals surface area contributed by atoms with E-state index in [1.807, 2.05) is 6.92 Å². The smallest absolute Gasteiger partial charge is 0.320 e. The van der Waals surface area contributed by atoms with E-state index >= 15 is 0 Å². The Balaban J connectivity index is 2.17. The zero-order chi connectivity index (χ0) is 14.0. The topological polar surface area (TPSA) is 40.5 Å². The lowest BCUT2D eigenvalue weighted by atomic mass is 9.93. The summed E-state index contributed by atoms with van der Waals surface area (Å²) in [5.74, 6) is -0.232. The van der Waals surface area contributed by atoms with Crippen molar-refractivity contribution in [3.05, 3.63) is 35.4 Å². The lowest BCUT2D eigenvalue weighted by Crippen LogP contribution is -2.42. The molecule has 0 bridgehead atoms. The van der Waals surface area contributed by atoms with E-state index in [9.17, 15) is 9.90 Å². The molecule has 3 atom stereocenters. The minimum atomic E-state index is -0.695. The van der Waals surface area contributed by atoms with Crippen molar-refractivity contribution in [1.29, 1.82) is 0 Å². The molecule has 1 fully saturated rings. The van der Waals surface area contributed by atoms with Crippen molar-refractivity contribution in [1.82, 2.24) is 4.90 Å². The Morgan fingerprint density at radius 1 is 1.47 bits per heavy atom. The molecule has 1 N–H and O–H groups in total. The number of likely N-dealkylation sites (tertiary alicyclic amines) is 1. The second-order valence-corrected chi connectivity index (χ2v) is 5.60. The number of hydrogen-bond acceptors (Lipinski definition) is 2. The van der Waals surface area contributed by atoms with Gasteiger partial charge >= 0.3 is 5.97 Å². The van der Waals surface area contributed by atoms with Gasteiger partial charge in [-0.25, -0.2) is 0 Å². The van der Waals surface area contributed by atoms with Crippen LogP contribution >= 0.6 is 0 Å². The Kier molecular flexibility index (Phi) is 4.25. The Labute approximate surface area is 115 Å². The predicted molar refractivity (Wildman–Crippen MR) is 76.4 cm³/mol. The molecular weight excluding hydrogens is 238 g/mol. The Morgan fingerprint density at radius 2 is 2.16 bits per heavy atom. The van der Waals surface area contributed by atoms with E-state index in [-0.39, 0.29) is 6.04 Å². The highest BCUT2D eigenvalue weighted by Crippen LogP contribution is 2.34. The first-order valence-electron chi connectivity index (χ1n) is 7.08. The molecule has 0 saturated carbocycles. The average molecular weight is 261 g/mol. The third kappa shape index (κ3) is 2.81. The minimum Gasteiger partial charge on any atom is -0.480 e. The summed E-state index contributed by atoms with van der Waals surface area (Å²) in [5.41, 5.74) is 2.68. The van der Waals surface area contributed by atoms with Crippen molar-refractivity contribution in [3.63, 3.8) is 0 Å². The van der Waals surface area contributed by atoms with E-state index in [1.165, 1.54) is 11.1 Å². The van der Waals surface area contributed by atoms with Gasteiger partial charge < -0.3 is 5.11 Å². The highest BCUT2D eigenvalue weighted by atomic mass is 16.4. The van der Waals surface area contributed by atoms with Crippen LogP contribution in [0.1, 0.15) is 43.7 Å². The molecule has 1 aliphatic rings. The normalized spacial score (nSPS) is 25.4. The van der Waals surface area contributed by atoms with Crippen LogP contribution in [-0.2, 0) is 4.79 Å². The summed E-state index contributed by atoms with van der Waals surface area (Å²) in [7, 11) is 0. The first-order valence-corrected chi connectivity index (χ1v) is 7.08. The number of nitrogens with zero attached hydrogens (tertiary/aromatic N) is 1. The summed E-state index contributed by atoms with van der Waals surface area (Å²) >= 11 is 0. The Bertz CT molecular complexity index is 458. The van der Waals surface area contributed by atoms with E-state index in [1.54, 1.807) is 0 Å². The molecule has 0 radical (unpaired) electrons. The lowest BCUT2D eigenvalue weighted by molar-refractivity contribution is -0.143. The molecule has 1 aromatic rings. The van der Waals surface area contributed by atoms with Crippen molar-refractivity contribution < 1.29 is 9.90 Å². The maximum atomic E-state index is 11.3. The third-order valence-electron chi connectivity index (χ3n) is 4.32. The molecule has 0 aliphatic carbocycles. The molecular formula is C16H23NO2. The SMILES string of the molecule is CCC(C(=O)O)N1CC(c2ccccc2C)CC1C. The number of carbonyl (C=O) groups is 1. The highest BCUT2D eigenvalue weighted by Gasteiger charge is 2.37. The Hall–Kier alpha value is -1.35. The molecule has 0 amide bonds. The van der Waals surface area contributed by atoms with Gasteiger partial charge in [-0.15, -0.1) is 0 Å². The maximum absolute atomic E-state index is 11.3. The van der Waals surface area contributed by atoms with Gasteiger partial charge in [0.15, 0.2) is 0 Å². The van der Waals surface area contributed by atoms with Crippen LogP contribution in [0.15, 0.2) is 24.3 Å². The second-order valence-electron chi connectivity index (χ2n) is 5.60. The molecule has 1 aliphatic heterocycles. The summed E-state index contributed by atoms with van der Waals surface area (Å²) < 4.78 is 0. The molecule has 1 heterocycles. The van der Waals surface area contributed by atoms with Crippen LogP contribution in [-0.4, -0.2) is 34.6 Å². The molecule has 1 aromatic carbocycles. The quantitative estimate of drug-likeness (QED) is 0.905. The van der Waals surface area contributed by atoms with Crippen molar-refractivity contribution in [3.8, 4) is 0 Å². The highest BCUT2D eigenvalue weighted by molar-refractivity contribution is 5.73.